The molecule has 1 heterocycles. The molecule has 1 aliphatic heterocycles. The molecule has 1 aliphatic carbocycles. The summed E-state index contributed by atoms with van der Waals surface area (Å²) in [4.78, 5) is 37.2. The fraction of sp³-hybridized carbons (Fsp3) is 0.429. The molecule has 2 aromatic rings. The smallest absolute Gasteiger partial charge is 0.411 e. The van der Waals surface area contributed by atoms with Gasteiger partial charge in [-0.15, -0.1) is 6.58 Å². The lowest BCUT2D eigenvalue weighted by molar-refractivity contribution is -0.364. The third-order valence-electron chi connectivity index (χ3n) is 6.91. The maximum atomic E-state index is 12.8. The number of hydrogen-bond acceptors (Lipinski definition) is 7. The van der Waals surface area contributed by atoms with Crippen LogP contribution in [0.1, 0.15) is 46.0 Å². The molecule has 1 saturated heterocycles. The van der Waals surface area contributed by atoms with Gasteiger partial charge in [-0.2, -0.15) is 9.78 Å². The molecule has 1 spiro atoms. The SMILES string of the molecule is C=CCC(CC)C1(C)OOC2(C[C@H](OC(=O)Nc3cc(Cl)ccc3Cl)C[C@H](OC(=O)Nc3cc(Cl)ccc3Cl)C2)O1. The summed E-state index contributed by atoms with van der Waals surface area (Å²) in [5.74, 6) is -2.54. The molecular weight excluding hydrogens is 618 g/mol. The largest absolute Gasteiger partial charge is 0.446 e. The molecule has 41 heavy (non-hydrogen) atoms. The molecule has 9 nitrogen and oxygen atoms in total. The molecule has 2 aromatic carbocycles. The van der Waals surface area contributed by atoms with Gasteiger partial charge in [0.2, 0.25) is 11.6 Å². The fourth-order valence-electron chi connectivity index (χ4n) is 5.00. The summed E-state index contributed by atoms with van der Waals surface area (Å²) >= 11 is 24.4. The number of hydrogen-bond donors (Lipinski definition) is 2. The third kappa shape index (κ3) is 7.99. The fourth-order valence-corrected chi connectivity index (χ4v) is 5.68. The highest BCUT2D eigenvalue weighted by Crippen LogP contribution is 2.48. The summed E-state index contributed by atoms with van der Waals surface area (Å²) < 4.78 is 17.8. The number of allylic oxidation sites excluding steroid dienone is 1. The van der Waals surface area contributed by atoms with E-state index in [-0.39, 0.29) is 46.6 Å². The number of carbonyl (C=O) groups is 2. The van der Waals surface area contributed by atoms with Crippen molar-refractivity contribution in [3.05, 3.63) is 69.1 Å². The average molecular weight is 648 g/mol. The maximum Gasteiger partial charge on any atom is 0.411 e. The Morgan fingerprint density at radius 2 is 1.49 bits per heavy atom. The summed E-state index contributed by atoms with van der Waals surface area (Å²) in [7, 11) is 0. The van der Waals surface area contributed by atoms with Gasteiger partial charge in [-0.25, -0.2) is 9.59 Å². The topological polar surface area (TPSA) is 104 Å². The van der Waals surface area contributed by atoms with Crippen molar-refractivity contribution in [3.63, 3.8) is 0 Å². The van der Waals surface area contributed by atoms with Crippen LogP contribution in [0.4, 0.5) is 21.0 Å². The Hall–Kier alpha value is -2.24. The van der Waals surface area contributed by atoms with Crippen LogP contribution in [-0.2, 0) is 24.0 Å². The Labute approximate surface area is 258 Å². The number of rotatable bonds is 8. The summed E-state index contributed by atoms with van der Waals surface area (Å²) in [5.41, 5.74) is 0.555. The van der Waals surface area contributed by atoms with Crippen LogP contribution in [0, 0.1) is 5.92 Å². The van der Waals surface area contributed by atoms with Gasteiger partial charge in [-0.1, -0.05) is 59.4 Å². The van der Waals surface area contributed by atoms with E-state index in [4.69, 9.17) is 70.4 Å². The first-order chi connectivity index (χ1) is 19.4. The van der Waals surface area contributed by atoms with E-state index < -0.39 is 36.0 Å². The molecule has 2 fully saturated rings. The van der Waals surface area contributed by atoms with E-state index in [9.17, 15) is 9.59 Å². The van der Waals surface area contributed by atoms with Crippen LogP contribution in [0.25, 0.3) is 0 Å². The van der Waals surface area contributed by atoms with Gasteiger partial charge in [0.05, 0.1) is 21.4 Å². The summed E-state index contributed by atoms with van der Waals surface area (Å²) in [6.45, 7) is 7.61. The predicted molar refractivity (Wildman–Crippen MR) is 158 cm³/mol. The number of benzene rings is 2. The van der Waals surface area contributed by atoms with Crippen molar-refractivity contribution in [1.82, 2.24) is 0 Å². The molecule has 2 amide bonds. The number of carbonyl (C=O) groups excluding carboxylic acids is 2. The van der Waals surface area contributed by atoms with Gasteiger partial charge in [-0.3, -0.25) is 10.6 Å². The van der Waals surface area contributed by atoms with Gasteiger partial charge >= 0.3 is 12.2 Å². The van der Waals surface area contributed by atoms with Crippen LogP contribution in [-0.4, -0.2) is 36.0 Å². The van der Waals surface area contributed by atoms with E-state index >= 15 is 0 Å². The van der Waals surface area contributed by atoms with Crippen molar-refractivity contribution in [3.8, 4) is 0 Å². The van der Waals surface area contributed by atoms with Crippen molar-refractivity contribution in [2.24, 2.45) is 5.92 Å². The minimum atomic E-state index is -1.36. The molecular formula is C28H30Cl4N2O7. The average Bonchev–Trinajstić information content (AvgIpc) is 3.22. The van der Waals surface area contributed by atoms with E-state index in [2.05, 4.69) is 17.2 Å². The second-order valence-corrected chi connectivity index (χ2v) is 11.7. The van der Waals surface area contributed by atoms with Gasteiger partial charge in [0.1, 0.15) is 12.2 Å². The van der Waals surface area contributed by atoms with E-state index in [0.29, 0.717) is 16.5 Å². The first-order valence-electron chi connectivity index (χ1n) is 13.0. The lowest BCUT2D eigenvalue weighted by Crippen LogP contribution is -2.49. The number of amides is 2. The molecule has 1 saturated carbocycles. The van der Waals surface area contributed by atoms with Crippen LogP contribution in [0.5, 0.6) is 0 Å². The first kappa shape index (κ1) is 31.7. The first-order valence-corrected chi connectivity index (χ1v) is 14.5. The van der Waals surface area contributed by atoms with Gasteiger partial charge in [-0.05, 0) is 56.2 Å². The van der Waals surface area contributed by atoms with Crippen molar-refractivity contribution in [2.75, 3.05) is 10.6 Å². The summed E-state index contributed by atoms with van der Waals surface area (Å²) in [6.07, 6.45) is 0.367. The predicted octanol–water partition coefficient (Wildman–Crippen LogP) is 9.01. The minimum absolute atomic E-state index is 0.0680. The van der Waals surface area contributed by atoms with Gasteiger partial charge < -0.3 is 14.2 Å². The number of nitrogens with one attached hydrogen (secondary N) is 2. The lowest BCUT2D eigenvalue weighted by atomic mass is 9.88. The number of halogens is 4. The molecule has 0 aromatic heterocycles. The zero-order valence-corrected chi connectivity index (χ0v) is 25.4. The Bertz CT molecular complexity index is 1220. The maximum absolute atomic E-state index is 12.8. The van der Waals surface area contributed by atoms with E-state index in [1.54, 1.807) is 37.3 Å². The highest BCUT2D eigenvalue weighted by molar-refractivity contribution is 6.36. The minimum Gasteiger partial charge on any atom is -0.446 e. The van der Waals surface area contributed by atoms with Crippen molar-refractivity contribution in [2.45, 2.75) is 69.7 Å². The Morgan fingerprint density at radius 1 is 0.976 bits per heavy atom. The molecule has 5 atom stereocenters. The van der Waals surface area contributed by atoms with Crippen molar-refractivity contribution >= 4 is 70.0 Å². The molecule has 2 aliphatic rings. The molecule has 4 rings (SSSR count). The van der Waals surface area contributed by atoms with Crippen LogP contribution in [0.15, 0.2) is 49.1 Å². The van der Waals surface area contributed by atoms with Crippen LogP contribution in [0.2, 0.25) is 20.1 Å². The molecule has 0 radical (unpaired) electrons. The van der Waals surface area contributed by atoms with E-state index in [1.165, 1.54) is 12.1 Å². The Balaban J connectivity index is 1.51. The third-order valence-corrected chi connectivity index (χ3v) is 8.04. The van der Waals surface area contributed by atoms with Gasteiger partial charge in [0.15, 0.2) is 0 Å². The quantitative estimate of drug-likeness (QED) is 0.218. The Kier molecular flexibility index (Phi) is 10.3. The monoisotopic (exact) mass is 646 g/mol. The summed E-state index contributed by atoms with van der Waals surface area (Å²) in [6, 6.07) is 9.29. The molecule has 222 valence electrons. The standard InChI is InChI=1S/C28H30Cl4N2O7/c1-4-6-16(5-2)27(3)39-28(41-40-27)14-19(37-25(35)33-23-11-17(29)7-9-21(23)31)13-20(15-28)38-26(36)34-24-12-18(30)8-10-22(24)32/h4,7-12,16,19-20H,1,5-6,13-15H2,2-3H3,(H,33,35)(H,34,36)/t16?,19-,20+,27?,28?. The molecule has 0 bridgehead atoms. The van der Waals surface area contributed by atoms with Gasteiger partial charge in [0, 0.05) is 35.2 Å². The number of anilines is 2. The van der Waals surface area contributed by atoms with Gasteiger partial charge in [0.25, 0.3) is 0 Å². The highest BCUT2D eigenvalue weighted by Gasteiger charge is 2.58. The normalized spacial score (nSPS) is 26.3. The zero-order valence-electron chi connectivity index (χ0n) is 22.4. The van der Waals surface area contributed by atoms with Crippen LogP contribution >= 0.6 is 46.4 Å². The Morgan fingerprint density at radius 3 is 1.95 bits per heavy atom. The van der Waals surface area contributed by atoms with Crippen molar-refractivity contribution in [1.29, 1.82) is 0 Å². The highest BCUT2D eigenvalue weighted by atomic mass is 35.5. The molecule has 13 heteroatoms. The van der Waals surface area contributed by atoms with Crippen LogP contribution in [0.3, 0.4) is 0 Å². The second-order valence-electron chi connectivity index (χ2n) is 10.0. The van der Waals surface area contributed by atoms with Crippen LogP contribution < -0.4 is 10.6 Å². The van der Waals surface area contributed by atoms with E-state index in [1.807, 2.05) is 6.92 Å². The number of ether oxygens (including phenoxy) is 3. The van der Waals surface area contributed by atoms with Crippen molar-refractivity contribution < 1.29 is 33.6 Å². The second kappa shape index (κ2) is 13.4. The van der Waals surface area contributed by atoms with E-state index in [0.717, 1.165) is 6.42 Å². The lowest BCUT2D eigenvalue weighted by Gasteiger charge is -2.39. The molecule has 3 unspecified atom stereocenters. The summed E-state index contributed by atoms with van der Waals surface area (Å²) in [5, 5.41) is 6.51. The zero-order chi connectivity index (χ0) is 29.8. The molecule has 2 N–H and O–H groups in total.